The van der Waals surface area contributed by atoms with Crippen molar-refractivity contribution in [1.82, 2.24) is 9.97 Å². The summed E-state index contributed by atoms with van der Waals surface area (Å²) in [5.41, 5.74) is 6.27. The molecule has 4 N–H and O–H groups in total. The van der Waals surface area contributed by atoms with E-state index in [0.29, 0.717) is 0 Å². The van der Waals surface area contributed by atoms with E-state index in [9.17, 15) is 0 Å². The smallest absolute Gasteiger partial charge is 0.165 e. The van der Waals surface area contributed by atoms with E-state index < -0.39 is 0 Å². The third-order valence-electron chi connectivity index (χ3n) is 2.46. The van der Waals surface area contributed by atoms with Crippen molar-refractivity contribution < 1.29 is 5.73 Å². The Morgan fingerprint density at radius 1 is 1.47 bits per heavy atom. The molecule has 2 rings (SSSR count). The second kappa shape index (κ2) is 4.68. The molecular formula is C11H16N3S+. The largest absolute Gasteiger partial charge is 0.349 e. The van der Waals surface area contributed by atoms with Crippen LogP contribution in [0.1, 0.15) is 18.3 Å². The molecule has 0 saturated carbocycles. The van der Waals surface area contributed by atoms with Gasteiger partial charge in [0.05, 0.1) is 11.0 Å². The number of rotatable bonds is 4. The van der Waals surface area contributed by atoms with E-state index in [4.69, 9.17) is 0 Å². The molecule has 2 aromatic rings. The van der Waals surface area contributed by atoms with Crippen molar-refractivity contribution in [2.24, 2.45) is 0 Å². The number of hydrogen-bond donors (Lipinski definition) is 2. The normalized spacial score (nSPS) is 13.2. The van der Waals surface area contributed by atoms with Crippen LogP contribution in [0, 0.1) is 0 Å². The van der Waals surface area contributed by atoms with Crippen LogP contribution in [0.15, 0.2) is 24.3 Å². The molecule has 0 amide bonds. The molecule has 0 fully saturated rings. The van der Waals surface area contributed by atoms with E-state index in [1.165, 1.54) is 0 Å². The molecule has 0 aliphatic carbocycles. The van der Waals surface area contributed by atoms with Gasteiger partial charge in [0.15, 0.2) is 5.82 Å². The Balaban J connectivity index is 2.20. The van der Waals surface area contributed by atoms with Crippen molar-refractivity contribution in [1.29, 1.82) is 0 Å². The molecular weight excluding hydrogens is 206 g/mol. The van der Waals surface area contributed by atoms with Crippen molar-refractivity contribution >= 4 is 22.8 Å². The molecule has 1 heterocycles. The number of quaternary nitrogens is 1. The number of aromatic amines is 1. The van der Waals surface area contributed by atoms with Gasteiger partial charge < -0.3 is 10.7 Å². The Labute approximate surface area is 93.5 Å². The first-order chi connectivity index (χ1) is 7.31. The molecule has 15 heavy (non-hydrogen) atoms. The molecule has 0 aliphatic rings. The SMILES string of the molecule is CSCC[C@@H]([NH3+])c1nc2ccccc2[nH]1. The van der Waals surface area contributed by atoms with Crippen LogP contribution in [0.5, 0.6) is 0 Å². The third-order valence-corrected chi connectivity index (χ3v) is 3.11. The topological polar surface area (TPSA) is 56.3 Å². The van der Waals surface area contributed by atoms with E-state index in [-0.39, 0.29) is 6.04 Å². The minimum absolute atomic E-state index is 0.268. The summed E-state index contributed by atoms with van der Waals surface area (Å²) in [5, 5.41) is 0. The van der Waals surface area contributed by atoms with Gasteiger partial charge in [-0.1, -0.05) is 12.1 Å². The van der Waals surface area contributed by atoms with Crippen LogP contribution in [-0.4, -0.2) is 22.0 Å². The Kier molecular flexibility index (Phi) is 3.28. The highest BCUT2D eigenvalue weighted by Gasteiger charge is 2.13. The maximum Gasteiger partial charge on any atom is 0.165 e. The Morgan fingerprint density at radius 3 is 3.00 bits per heavy atom. The molecule has 0 saturated heterocycles. The molecule has 1 aromatic carbocycles. The molecule has 0 unspecified atom stereocenters. The monoisotopic (exact) mass is 222 g/mol. The highest BCUT2D eigenvalue weighted by atomic mass is 32.2. The summed E-state index contributed by atoms with van der Waals surface area (Å²) >= 11 is 1.85. The summed E-state index contributed by atoms with van der Waals surface area (Å²) in [4.78, 5) is 7.86. The number of nitrogens with one attached hydrogen (secondary N) is 1. The molecule has 1 atom stereocenters. The van der Waals surface area contributed by atoms with Crippen molar-refractivity contribution in [3.05, 3.63) is 30.1 Å². The number of hydrogen-bond acceptors (Lipinski definition) is 2. The number of benzene rings is 1. The van der Waals surface area contributed by atoms with Gasteiger partial charge in [-0.25, -0.2) is 4.98 Å². The number of imidazole rings is 1. The van der Waals surface area contributed by atoms with E-state index >= 15 is 0 Å². The quantitative estimate of drug-likeness (QED) is 0.825. The summed E-state index contributed by atoms with van der Waals surface area (Å²) < 4.78 is 0. The summed E-state index contributed by atoms with van der Waals surface area (Å²) in [7, 11) is 0. The van der Waals surface area contributed by atoms with Crippen molar-refractivity contribution in [2.75, 3.05) is 12.0 Å². The van der Waals surface area contributed by atoms with Gasteiger partial charge >= 0.3 is 0 Å². The molecule has 0 aliphatic heterocycles. The predicted molar refractivity (Wildman–Crippen MR) is 64.7 cm³/mol. The average Bonchev–Trinajstić information content (AvgIpc) is 2.69. The van der Waals surface area contributed by atoms with Crippen LogP contribution in [0.4, 0.5) is 0 Å². The molecule has 80 valence electrons. The zero-order chi connectivity index (χ0) is 10.7. The number of H-pyrrole nitrogens is 1. The molecule has 3 nitrogen and oxygen atoms in total. The van der Waals surface area contributed by atoms with Crippen LogP contribution in [0.25, 0.3) is 11.0 Å². The first-order valence-electron chi connectivity index (χ1n) is 5.08. The second-order valence-electron chi connectivity index (χ2n) is 3.62. The summed E-state index contributed by atoms with van der Waals surface area (Å²) in [6, 6.07) is 8.37. The van der Waals surface area contributed by atoms with Gasteiger partial charge in [0.1, 0.15) is 6.04 Å². The van der Waals surface area contributed by atoms with Gasteiger partial charge in [-0.15, -0.1) is 0 Å². The Bertz CT molecular complexity index is 405. The Hall–Kier alpha value is -1.00. The fraction of sp³-hybridized carbons (Fsp3) is 0.364. The van der Waals surface area contributed by atoms with Crippen LogP contribution in [0.3, 0.4) is 0 Å². The number of para-hydroxylation sites is 2. The zero-order valence-corrected chi connectivity index (χ0v) is 9.68. The highest BCUT2D eigenvalue weighted by molar-refractivity contribution is 7.98. The molecule has 0 bridgehead atoms. The minimum Gasteiger partial charge on any atom is -0.349 e. The van der Waals surface area contributed by atoms with Gasteiger partial charge in [0.25, 0.3) is 0 Å². The van der Waals surface area contributed by atoms with Gasteiger partial charge in [-0.05, 0) is 24.1 Å². The Morgan fingerprint density at radius 2 is 2.27 bits per heavy atom. The van der Waals surface area contributed by atoms with Gasteiger partial charge in [0, 0.05) is 6.42 Å². The van der Waals surface area contributed by atoms with Gasteiger partial charge in [0.2, 0.25) is 0 Å². The fourth-order valence-corrected chi connectivity index (χ4v) is 2.08. The fourth-order valence-electron chi connectivity index (χ4n) is 1.56. The predicted octanol–water partition coefficient (Wildman–Crippen LogP) is 1.60. The van der Waals surface area contributed by atoms with Crippen molar-refractivity contribution in [3.8, 4) is 0 Å². The summed E-state index contributed by atoms with van der Waals surface area (Å²) in [5.74, 6) is 2.14. The lowest BCUT2D eigenvalue weighted by molar-refractivity contribution is -0.428. The van der Waals surface area contributed by atoms with Crippen LogP contribution < -0.4 is 5.73 Å². The van der Waals surface area contributed by atoms with Crippen molar-refractivity contribution in [3.63, 3.8) is 0 Å². The lowest BCUT2D eigenvalue weighted by Crippen LogP contribution is -2.54. The maximum absolute atomic E-state index is 4.54. The number of nitrogens with zero attached hydrogens (tertiary/aromatic N) is 1. The van der Waals surface area contributed by atoms with Crippen molar-refractivity contribution in [2.45, 2.75) is 12.5 Å². The highest BCUT2D eigenvalue weighted by Crippen LogP contribution is 2.16. The average molecular weight is 222 g/mol. The molecule has 0 radical (unpaired) electrons. The number of aromatic nitrogens is 2. The van der Waals surface area contributed by atoms with E-state index in [1.54, 1.807) is 0 Å². The maximum atomic E-state index is 4.54. The molecule has 0 spiro atoms. The van der Waals surface area contributed by atoms with Gasteiger partial charge in [-0.2, -0.15) is 11.8 Å². The number of thioether (sulfide) groups is 1. The second-order valence-corrected chi connectivity index (χ2v) is 4.60. The lowest BCUT2D eigenvalue weighted by atomic mass is 10.2. The summed E-state index contributed by atoms with van der Waals surface area (Å²) in [6.07, 6.45) is 3.19. The lowest BCUT2D eigenvalue weighted by Gasteiger charge is -2.02. The summed E-state index contributed by atoms with van der Waals surface area (Å²) in [6.45, 7) is 0. The van der Waals surface area contributed by atoms with Crippen LogP contribution in [0.2, 0.25) is 0 Å². The number of fused-ring (bicyclic) bond motifs is 1. The molecule has 1 aromatic heterocycles. The van der Waals surface area contributed by atoms with E-state index in [0.717, 1.165) is 29.0 Å². The standard InChI is InChI=1S/C11H15N3S/c1-15-7-6-8(12)11-13-9-4-2-3-5-10(9)14-11/h2-5,8H,6-7,12H2,1H3,(H,13,14)/p+1/t8-/m1/s1. The first-order valence-corrected chi connectivity index (χ1v) is 6.47. The van der Waals surface area contributed by atoms with Crippen LogP contribution >= 0.6 is 11.8 Å². The van der Waals surface area contributed by atoms with Crippen LogP contribution in [-0.2, 0) is 0 Å². The van der Waals surface area contributed by atoms with E-state index in [2.05, 4.69) is 22.0 Å². The van der Waals surface area contributed by atoms with Gasteiger partial charge in [-0.3, -0.25) is 0 Å². The molecule has 4 heteroatoms. The zero-order valence-electron chi connectivity index (χ0n) is 8.86. The third kappa shape index (κ3) is 2.33. The minimum atomic E-state index is 0.268. The van der Waals surface area contributed by atoms with E-state index in [1.807, 2.05) is 36.0 Å². The first kappa shape index (κ1) is 10.5.